The van der Waals surface area contributed by atoms with Crippen molar-refractivity contribution in [2.24, 2.45) is 11.8 Å². The van der Waals surface area contributed by atoms with Gasteiger partial charge in [0, 0.05) is 24.3 Å². The van der Waals surface area contributed by atoms with Crippen LogP contribution in [0.2, 0.25) is 0 Å². The van der Waals surface area contributed by atoms with Crippen molar-refractivity contribution in [2.45, 2.75) is 100 Å². The maximum atomic E-state index is 9.57. The van der Waals surface area contributed by atoms with Crippen LogP contribution in [0.25, 0.3) is 22.3 Å². The average Bonchev–Trinajstić information content (AvgIpc) is 3.38. The number of nitrogen functional groups attached to an aromatic ring is 2. The molecule has 4 aromatic heterocycles. The van der Waals surface area contributed by atoms with Gasteiger partial charge in [0.15, 0.2) is 47.0 Å². The topological polar surface area (TPSA) is 215 Å². The molecule has 2 unspecified atom stereocenters. The van der Waals surface area contributed by atoms with Crippen LogP contribution in [0.5, 0.6) is 0 Å². The highest BCUT2D eigenvalue weighted by atomic mass is 35.5. The molecule has 4 aliphatic heterocycles. The summed E-state index contributed by atoms with van der Waals surface area (Å²) in [5, 5.41) is 9.57. The standard InChI is InChI=1S/C15H18ClN5O3.C15H19N5O4/c1-14(2)22-9-10(23-14)15(3-7(15)4-16)24-13(9)21-6-20-8-11(17)18-5-19-12(8)21;1-14(2)22-9-10(23-14)15(3-7(15)4-21)24-13(9)20-6-19-8-11(16)17-5-18-12(8)20/h5-7,9-10,13H,3-4H2,1-2H3,(H2,17,18,19);5-7,9-10,13,21H,3-4H2,1-2H3,(H2,16,17,18)/t2*7-,9?,10+,13+,15+/m00/s1. The Kier molecular flexibility index (Phi) is 6.49. The first-order valence-corrected chi connectivity index (χ1v) is 16.5. The molecule has 10 rings (SSSR count). The van der Waals surface area contributed by atoms with Crippen molar-refractivity contribution < 1.29 is 33.5 Å². The lowest BCUT2D eigenvalue weighted by Gasteiger charge is -2.25. The van der Waals surface area contributed by atoms with Gasteiger partial charge in [0.1, 0.15) is 59.3 Å². The Bertz CT molecular complexity index is 1790. The molecular weight excluding hydrogens is 648 g/mol. The second-order valence-electron chi connectivity index (χ2n) is 14.3. The van der Waals surface area contributed by atoms with Crippen molar-refractivity contribution in [3.05, 3.63) is 25.3 Å². The number of ether oxygens (including phenoxy) is 6. The van der Waals surface area contributed by atoms with Crippen LogP contribution in [0.1, 0.15) is 53.0 Å². The second kappa shape index (κ2) is 10.1. The monoisotopic (exact) mass is 684 g/mol. The van der Waals surface area contributed by atoms with E-state index >= 15 is 0 Å². The number of aromatic nitrogens is 8. The first kappa shape index (κ1) is 30.7. The molecule has 0 aromatic carbocycles. The zero-order valence-electron chi connectivity index (χ0n) is 26.8. The van der Waals surface area contributed by atoms with E-state index in [9.17, 15) is 5.11 Å². The minimum atomic E-state index is -0.697. The van der Waals surface area contributed by atoms with E-state index in [0.29, 0.717) is 39.8 Å². The summed E-state index contributed by atoms with van der Waals surface area (Å²) in [4.78, 5) is 25.2. The quantitative estimate of drug-likeness (QED) is 0.261. The van der Waals surface area contributed by atoms with Crippen LogP contribution in [0, 0.1) is 11.8 Å². The Labute approximate surface area is 279 Å². The number of hydrogen-bond donors (Lipinski definition) is 3. The lowest BCUT2D eigenvalue weighted by atomic mass is 10.1. The van der Waals surface area contributed by atoms with Crippen LogP contribution < -0.4 is 11.5 Å². The minimum Gasteiger partial charge on any atom is -0.396 e. The number of nitrogens with two attached hydrogens (primary N) is 2. The lowest BCUT2D eigenvalue weighted by molar-refractivity contribution is -0.204. The number of fused-ring (bicyclic) bond motifs is 6. The number of aliphatic hydroxyl groups excluding tert-OH is 1. The predicted octanol–water partition coefficient (Wildman–Crippen LogP) is 1.66. The number of imidazole rings is 2. The summed E-state index contributed by atoms with van der Waals surface area (Å²) < 4.78 is 40.9. The Morgan fingerprint density at radius 1 is 0.708 bits per heavy atom. The van der Waals surface area contributed by atoms with Gasteiger partial charge >= 0.3 is 0 Å². The van der Waals surface area contributed by atoms with Crippen molar-refractivity contribution in [1.29, 1.82) is 0 Å². The summed E-state index contributed by atoms with van der Waals surface area (Å²) in [5.41, 5.74) is 13.2. The highest BCUT2D eigenvalue weighted by Gasteiger charge is 2.74. The number of halogens is 1. The van der Waals surface area contributed by atoms with E-state index in [1.54, 1.807) is 12.7 Å². The van der Waals surface area contributed by atoms with Crippen molar-refractivity contribution in [2.75, 3.05) is 24.0 Å². The molecular formula is C30H37ClN10O7. The summed E-state index contributed by atoms with van der Waals surface area (Å²) in [6.07, 6.45) is 6.01. The Hall–Kier alpha value is -3.29. The first-order chi connectivity index (χ1) is 22.9. The molecule has 6 aliphatic rings. The number of rotatable bonds is 4. The molecule has 4 saturated heterocycles. The summed E-state index contributed by atoms with van der Waals surface area (Å²) in [6.45, 7) is 7.68. The van der Waals surface area contributed by atoms with Crippen LogP contribution in [-0.4, -0.2) is 104 Å². The molecule has 0 amide bonds. The minimum absolute atomic E-state index is 0.0574. The number of aliphatic hydroxyl groups is 1. The van der Waals surface area contributed by atoms with Gasteiger partial charge in [-0.25, -0.2) is 29.9 Å². The van der Waals surface area contributed by atoms with Crippen molar-refractivity contribution in [3.8, 4) is 0 Å². The molecule has 48 heavy (non-hydrogen) atoms. The van der Waals surface area contributed by atoms with Crippen LogP contribution in [0.15, 0.2) is 25.3 Å². The third-order valence-corrected chi connectivity index (χ3v) is 10.8. The summed E-state index contributed by atoms with van der Waals surface area (Å²) in [6, 6.07) is 0. The maximum Gasteiger partial charge on any atom is 0.167 e. The molecule has 256 valence electrons. The maximum absolute atomic E-state index is 9.57. The molecule has 17 nitrogen and oxygen atoms in total. The van der Waals surface area contributed by atoms with Gasteiger partial charge < -0.3 is 45.0 Å². The molecule has 6 fully saturated rings. The number of hydrogen-bond acceptors (Lipinski definition) is 15. The number of alkyl halides is 1. The highest BCUT2D eigenvalue weighted by molar-refractivity contribution is 6.18. The normalized spacial score (nSPS) is 39.6. The molecule has 8 heterocycles. The van der Waals surface area contributed by atoms with E-state index in [1.807, 2.05) is 36.8 Å². The van der Waals surface area contributed by atoms with Gasteiger partial charge in [0.05, 0.1) is 12.7 Å². The van der Waals surface area contributed by atoms with Gasteiger partial charge in [0.25, 0.3) is 0 Å². The smallest absolute Gasteiger partial charge is 0.167 e. The molecule has 2 saturated carbocycles. The lowest BCUT2D eigenvalue weighted by Crippen LogP contribution is -2.33. The number of anilines is 2. The molecule has 10 atom stereocenters. The van der Waals surface area contributed by atoms with Gasteiger partial charge in [-0.15, -0.1) is 11.6 Å². The van der Waals surface area contributed by atoms with Gasteiger partial charge in [-0.2, -0.15) is 0 Å². The highest BCUT2D eigenvalue weighted by Crippen LogP contribution is 2.63. The summed E-state index contributed by atoms with van der Waals surface area (Å²) >= 11 is 6.09. The van der Waals surface area contributed by atoms with E-state index in [1.165, 1.54) is 12.7 Å². The molecule has 4 aromatic rings. The van der Waals surface area contributed by atoms with Crippen molar-refractivity contribution >= 4 is 45.6 Å². The molecule has 18 heteroatoms. The van der Waals surface area contributed by atoms with Crippen molar-refractivity contribution in [1.82, 2.24) is 39.0 Å². The van der Waals surface area contributed by atoms with Crippen LogP contribution >= 0.6 is 11.6 Å². The van der Waals surface area contributed by atoms with Gasteiger partial charge in [0.2, 0.25) is 0 Å². The third-order valence-electron chi connectivity index (χ3n) is 10.4. The Balaban J connectivity index is 0.000000131. The Morgan fingerprint density at radius 2 is 1.17 bits per heavy atom. The molecule has 0 bridgehead atoms. The second-order valence-corrected chi connectivity index (χ2v) is 14.6. The van der Waals surface area contributed by atoms with Gasteiger partial charge in [-0.3, -0.25) is 9.13 Å². The van der Waals surface area contributed by atoms with Crippen LogP contribution in [0.4, 0.5) is 11.6 Å². The Morgan fingerprint density at radius 3 is 1.58 bits per heavy atom. The molecule has 5 N–H and O–H groups in total. The van der Waals surface area contributed by atoms with E-state index in [4.69, 9.17) is 51.5 Å². The van der Waals surface area contributed by atoms with Crippen LogP contribution in [-0.2, 0) is 28.4 Å². The SMILES string of the molecule is CC1(C)OC2[C@H](n3cnc4c(N)ncnc43)O[C@@]3(C[C@H]3CCl)[C@@H]2O1.CC1(C)OC2[C@H](n3cnc4c(N)ncnc43)O[C@@]3(C[C@H]3CO)[C@@H]2O1. The zero-order valence-corrected chi connectivity index (χ0v) is 27.5. The van der Waals surface area contributed by atoms with E-state index in [2.05, 4.69) is 29.9 Å². The average molecular weight is 685 g/mol. The van der Waals surface area contributed by atoms with Gasteiger partial charge in [-0.05, 0) is 40.5 Å². The van der Waals surface area contributed by atoms with E-state index in [-0.39, 0.29) is 54.7 Å². The van der Waals surface area contributed by atoms with Crippen molar-refractivity contribution in [3.63, 3.8) is 0 Å². The molecule has 0 radical (unpaired) electrons. The fraction of sp³-hybridized carbons (Fsp3) is 0.667. The number of nitrogens with zero attached hydrogens (tertiary/aromatic N) is 8. The predicted molar refractivity (Wildman–Crippen MR) is 167 cm³/mol. The third kappa shape index (κ3) is 4.35. The van der Waals surface area contributed by atoms with E-state index in [0.717, 1.165) is 12.8 Å². The first-order valence-electron chi connectivity index (χ1n) is 16.0. The van der Waals surface area contributed by atoms with Crippen LogP contribution in [0.3, 0.4) is 0 Å². The van der Waals surface area contributed by atoms with Gasteiger partial charge in [-0.1, -0.05) is 0 Å². The van der Waals surface area contributed by atoms with E-state index < -0.39 is 23.4 Å². The zero-order chi connectivity index (χ0) is 33.4. The molecule has 2 aliphatic carbocycles. The fourth-order valence-corrected chi connectivity index (χ4v) is 8.42. The summed E-state index contributed by atoms with van der Waals surface area (Å²) in [5.74, 6) is 0.180. The molecule has 2 spiro atoms. The largest absolute Gasteiger partial charge is 0.396 e. The summed E-state index contributed by atoms with van der Waals surface area (Å²) in [7, 11) is 0. The fourth-order valence-electron chi connectivity index (χ4n) is 8.05.